The van der Waals surface area contributed by atoms with Crippen LogP contribution in [0.25, 0.3) is 0 Å². The Balaban J connectivity index is 1.77. The number of hydrogen-bond acceptors (Lipinski definition) is 7. The Morgan fingerprint density at radius 2 is 2.00 bits per heavy atom. The molecule has 142 valence electrons. The highest BCUT2D eigenvalue weighted by Crippen LogP contribution is 2.33. The van der Waals surface area contributed by atoms with Crippen LogP contribution in [0.3, 0.4) is 0 Å². The molecule has 1 amide bonds. The van der Waals surface area contributed by atoms with E-state index in [2.05, 4.69) is 20.6 Å². The van der Waals surface area contributed by atoms with Gasteiger partial charge >= 0.3 is 0 Å². The van der Waals surface area contributed by atoms with Gasteiger partial charge in [-0.05, 0) is 45.7 Å². The Kier molecular flexibility index (Phi) is 5.10. The summed E-state index contributed by atoms with van der Waals surface area (Å²) in [5, 5.41) is 6.23. The zero-order chi connectivity index (χ0) is 19.8. The van der Waals surface area contributed by atoms with Crippen LogP contribution in [-0.2, 0) is 11.2 Å². The number of rotatable bonds is 4. The maximum absolute atomic E-state index is 12.8. The average Bonchev–Trinajstić information content (AvgIpc) is 2.96. The zero-order valence-electron chi connectivity index (χ0n) is 15.8. The van der Waals surface area contributed by atoms with Gasteiger partial charge in [-0.2, -0.15) is 0 Å². The summed E-state index contributed by atoms with van der Waals surface area (Å²) in [7, 11) is 0. The number of hydrogen-bond donors (Lipinski definition) is 2. The number of Topliss-reactive ketones (excluding diaryl/α,β-unsaturated/α-hetero) is 2. The van der Waals surface area contributed by atoms with Crippen LogP contribution in [0.15, 0.2) is 18.3 Å². The normalized spacial score (nSPS) is 16.6. The van der Waals surface area contributed by atoms with Gasteiger partial charge in [0.25, 0.3) is 0 Å². The van der Waals surface area contributed by atoms with Gasteiger partial charge in [-0.15, -0.1) is 0 Å². The first-order valence-electron chi connectivity index (χ1n) is 8.74. The summed E-state index contributed by atoms with van der Waals surface area (Å²) in [6.07, 6.45) is 2.45. The molecule has 8 heteroatoms. The quantitative estimate of drug-likeness (QED) is 0.617. The number of nitrogens with zero attached hydrogens (tertiary/aromatic N) is 2. The Labute approximate surface area is 161 Å². The number of nitrogens with one attached hydrogen (secondary N) is 2. The molecule has 0 aliphatic heterocycles. The zero-order valence-corrected chi connectivity index (χ0v) is 16.6. The highest BCUT2D eigenvalue weighted by atomic mass is 32.1. The molecule has 1 aliphatic rings. The van der Waals surface area contributed by atoms with Crippen molar-refractivity contribution >= 4 is 39.8 Å². The van der Waals surface area contributed by atoms with Gasteiger partial charge < -0.3 is 10.6 Å². The van der Waals surface area contributed by atoms with Gasteiger partial charge in [-0.1, -0.05) is 11.3 Å². The molecule has 0 saturated carbocycles. The van der Waals surface area contributed by atoms with Crippen LogP contribution in [0, 0.1) is 5.92 Å². The molecule has 2 aromatic heterocycles. The number of thiazole rings is 1. The van der Waals surface area contributed by atoms with Crippen LogP contribution < -0.4 is 10.6 Å². The van der Waals surface area contributed by atoms with Crippen molar-refractivity contribution in [3.63, 3.8) is 0 Å². The molecule has 3 rings (SSSR count). The smallest absolute Gasteiger partial charge is 0.223 e. The Hall–Kier alpha value is -2.61. The highest BCUT2D eigenvalue weighted by molar-refractivity contribution is 7.17. The van der Waals surface area contributed by atoms with E-state index < -0.39 is 5.92 Å². The van der Waals surface area contributed by atoms with E-state index in [1.165, 1.54) is 13.1 Å². The lowest BCUT2D eigenvalue weighted by atomic mass is 9.84. The summed E-state index contributed by atoms with van der Waals surface area (Å²) >= 11 is 1.13. The van der Waals surface area contributed by atoms with E-state index in [1.807, 2.05) is 20.8 Å². The van der Waals surface area contributed by atoms with E-state index in [1.54, 1.807) is 12.1 Å². The molecule has 2 heterocycles. The Morgan fingerprint density at radius 3 is 2.59 bits per heavy atom. The third kappa shape index (κ3) is 4.39. The average molecular weight is 386 g/mol. The van der Waals surface area contributed by atoms with Gasteiger partial charge in [0.1, 0.15) is 5.82 Å². The maximum atomic E-state index is 12.8. The number of carbonyl (C=O) groups is 3. The van der Waals surface area contributed by atoms with Gasteiger partial charge in [-0.3, -0.25) is 14.4 Å². The third-order valence-electron chi connectivity index (χ3n) is 4.06. The second-order valence-corrected chi connectivity index (χ2v) is 8.60. The van der Waals surface area contributed by atoms with Gasteiger partial charge in [0.2, 0.25) is 5.91 Å². The van der Waals surface area contributed by atoms with Gasteiger partial charge in [-0.25, -0.2) is 9.97 Å². The molecule has 0 saturated heterocycles. The number of aromatic nitrogens is 2. The topological polar surface area (TPSA) is 101 Å². The van der Waals surface area contributed by atoms with Crippen molar-refractivity contribution in [1.82, 2.24) is 9.97 Å². The predicted octanol–water partition coefficient (Wildman–Crippen LogP) is 3.33. The second kappa shape index (κ2) is 7.19. The summed E-state index contributed by atoms with van der Waals surface area (Å²) < 4.78 is 0. The number of fused-ring (bicyclic) bond motifs is 1. The number of amides is 1. The number of aryl methyl sites for hydroxylation is 1. The molecule has 0 radical (unpaired) electrons. The molecule has 0 aromatic carbocycles. The minimum Gasteiger partial charge on any atom is -0.365 e. The summed E-state index contributed by atoms with van der Waals surface area (Å²) in [5.41, 5.74) is 0.940. The van der Waals surface area contributed by atoms with Crippen LogP contribution in [0.4, 0.5) is 10.9 Å². The molecule has 1 aliphatic carbocycles. The molecule has 27 heavy (non-hydrogen) atoms. The van der Waals surface area contributed by atoms with Crippen LogP contribution in [0.2, 0.25) is 0 Å². The Bertz CT molecular complexity index is 897. The molecule has 0 spiro atoms. The van der Waals surface area contributed by atoms with E-state index in [-0.39, 0.29) is 23.0 Å². The van der Waals surface area contributed by atoms with E-state index in [0.717, 1.165) is 11.3 Å². The van der Waals surface area contributed by atoms with Crippen molar-refractivity contribution in [2.45, 2.75) is 46.1 Å². The predicted molar refractivity (Wildman–Crippen MR) is 105 cm³/mol. The minimum absolute atomic E-state index is 0.133. The van der Waals surface area contributed by atoms with Crippen molar-refractivity contribution in [1.29, 1.82) is 0 Å². The maximum Gasteiger partial charge on any atom is 0.223 e. The van der Waals surface area contributed by atoms with Crippen molar-refractivity contribution < 1.29 is 14.4 Å². The van der Waals surface area contributed by atoms with E-state index in [4.69, 9.17) is 0 Å². The molecule has 0 fully saturated rings. The first-order valence-corrected chi connectivity index (χ1v) is 9.55. The van der Waals surface area contributed by atoms with Crippen molar-refractivity contribution in [3.8, 4) is 0 Å². The minimum atomic E-state index is -0.730. The van der Waals surface area contributed by atoms with Crippen LogP contribution in [0.1, 0.15) is 59.8 Å². The fraction of sp³-hybridized carbons (Fsp3) is 0.421. The summed E-state index contributed by atoms with van der Waals surface area (Å²) in [5.74, 6) is -0.747. The SMILES string of the molecule is CC(=O)Nc1nc2c(s1)C(=O)C(C(=O)c1ccc(NC(C)(C)C)nc1)CC2. The molecule has 2 N–H and O–H groups in total. The second-order valence-electron chi connectivity index (χ2n) is 7.60. The van der Waals surface area contributed by atoms with Gasteiger partial charge in [0.15, 0.2) is 16.7 Å². The molecule has 7 nitrogen and oxygen atoms in total. The lowest BCUT2D eigenvalue weighted by molar-refractivity contribution is -0.114. The highest BCUT2D eigenvalue weighted by Gasteiger charge is 2.36. The fourth-order valence-electron chi connectivity index (χ4n) is 2.94. The van der Waals surface area contributed by atoms with Crippen molar-refractivity contribution in [2.75, 3.05) is 10.6 Å². The van der Waals surface area contributed by atoms with Gasteiger partial charge in [0.05, 0.1) is 16.5 Å². The van der Waals surface area contributed by atoms with Crippen LogP contribution in [0.5, 0.6) is 0 Å². The van der Waals surface area contributed by atoms with E-state index in [9.17, 15) is 14.4 Å². The molecular weight excluding hydrogens is 364 g/mol. The number of carbonyl (C=O) groups excluding carboxylic acids is 3. The number of ketones is 2. The summed E-state index contributed by atoms with van der Waals surface area (Å²) in [4.78, 5) is 45.8. The molecule has 1 atom stereocenters. The first-order chi connectivity index (χ1) is 12.6. The number of anilines is 2. The number of pyridine rings is 1. The Morgan fingerprint density at radius 1 is 1.26 bits per heavy atom. The monoisotopic (exact) mass is 386 g/mol. The van der Waals surface area contributed by atoms with E-state index >= 15 is 0 Å². The van der Waals surface area contributed by atoms with Crippen LogP contribution in [-0.4, -0.2) is 33.0 Å². The lowest BCUT2D eigenvalue weighted by Crippen LogP contribution is -2.29. The largest absolute Gasteiger partial charge is 0.365 e. The summed E-state index contributed by atoms with van der Waals surface area (Å²) in [6, 6.07) is 3.44. The molecular formula is C19H22N4O3S. The van der Waals surface area contributed by atoms with Crippen molar-refractivity contribution in [2.24, 2.45) is 5.92 Å². The van der Waals surface area contributed by atoms with Crippen LogP contribution >= 0.6 is 11.3 Å². The van der Waals surface area contributed by atoms with Gasteiger partial charge in [0, 0.05) is 24.2 Å². The van der Waals surface area contributed by atoms with Crippen molar-refractivity contribution in [3.05, 3.63) is 34.5 Å². The van der Waals surface area contributed by atoms with E-state index in [0.29, 0.717) is 39.9 Å². The fourth-order valence-corrected chi connectivity index (χ4v) is 3.99. The molecule has 0 bridgehead atoms. The lowest BCUT2D eigenvalue weighted by Gasteiger charge is -2.21. The molecule has 2 aromatic rings. The first kappa shape index (κ1) is 19.2. The third-order valence-corrected chi connectivity index (χ3v) is 5.09. The standard InChI is InChI=1S/C19H22N4O3S/c1-10(24)21-18-22-13-7-6-12(16(26)17(13)27-18)15(25)11-5-8-14(20-9-11)23-19(2,3)4/h5,8-9,12H,6-7H2,1-4H3,(H,20,23)(H,21,22,24). The summed E-state index contributed by atoms with van der Waals surface area (Å²) in [6.45, 7) is 7.46. The molecule has 1 unspecified atom stereocenters.